The molecule has 11 rings (SSSR count). The molecule has 9 aromatic rings. The molecular formula is C65H67BN2S2. The second-order valence-electron chi connectivity index (χ2n) is 24.5. The summed E-state index contributed by atoms with van der Waals surface area (Å²) in [6.07, 6.45) is 0. The molecule has 0 spiro atoms. The van der Waals surface area contributed by atoms with E-state index in [0.29, 0.717) is 0 Å². The van der Waals surface area contributed by atoms with Crippen molar-refractivity contribution in [2.75, 3.05) is 9.80 Å². The fourth-order valence-corrected chi connectivity index (χ4v) is 13.6. The molecule has 2 aromatic heterocycles. The van der Waals surface area contributed by atoms with Gasteiger partial charge in [-0.05, 0) is 156 Å². The summed E-state index contributed by atoms with van der Waals surface area (Å²) in [6, 6.07) is 49.9. The first-order valence-electron chi connectivity index (χ1n) is 25.3. The standard InChI is InChI=1S/C65H67BN2S2/c1-38-29-44(63(7,8)9)30-39(2)59(38)68-54-36-46(65(13,14)15)35-53-58(54)66(57-49-33-43(62(4,5)6)26-28-56(49)70-61(57)68)51-32-42(50-37-69-55-24-20-19-23-47(50)55)25-27-52(51)67(53)60-40(3)31-45(64(10,11)12)34-48(60)41-21-17-16-18-22-41/h16-37H,1-15H3. The molecule has 4 heterocycles. The molecule has 0 saturated carbocycles. The van der Waals surface area contributed by atoms with Crippen LogP contribution in [0.1, 0.15) is 122 Å². The number of fused-ring (bicyclic) bond motifs is 7. The lowest BCUT2D eigenvalue weighted by Gasteiger charge is -2.45. The van der Waals surface area contributed by atoms with Crippen molar-refractivity contribution in [3.05, 3.63) is 172 Å². The van der Waals surface area contributed by atoms with E-state index in [2.05, 4.69) is 246 Å². The predicted molar refractivity (Wildman–Crippen MR) is 311 cm³/mol. The van der Waals surface area contributed by atoms with Gasteiger partial charge in [0, 0.05) is 43.0 Å². The van der Waals surface area contributed by atoms with Crippen molar-refractivity contribution in [1.29, 1.82) is 0 Å². The summed E-state index contributed by atoms with van der Waals surface area (Å²) in [5, 5.41) is 6.38. The highest BCUT2D eigenvalue weighted by atomic mass is 32.1. The maximum Gasteiger partial charge on any atom is 0.254 e. The van der Waals surface area contributed by atoms with Gasteiger partial charge in [0.25, 0.3) is 6.71 Å². The molecule has 2 nitrogen and oxygen atoms in total. The second kappa shape index (κ2) is 16.1. The van der Waals surface area contributed by atoms with Crippen molar-refractivity contribution < 1.29 is 0 Å². The minimum absolute atomic E-state index is 0.0168. The van der Waals surface area contributed by atoms with Gasteiger partial charge in [-0.3, -0.25) is 0 Å². The Balaban J connectivity index is 1.33. The van der Waals surface area contributed by atoms with Gasteiger partial charge in [0.1, 0.15) is 0 Å². The number of hydrogen-bond acceptors (Lipinski definition) is 4. The van der Waals surface area contributed by atoms with Crippen LogP contribution in [0, 0.1) is 20.8 Å². The van der Waals surface area contributed by atoms with Gasteiger partial charge in [-0.25, -0.2) is 0 Å². The summed E-state index contributed by atoms with van der Waals surface area (Å²) in [7, 11) is 0. The maximum atomic E-state index is 2.71. The molecule has 352 valence electrons. The smallest absolute Gasteiger partial charge is 0.254 e. The van der Waals surface area contributed by atoms with E-state index in [1.165, 1.54) is 131 Å². The molecule has 5 heteroatoms. The number of anilines is 6. The van der Waals surface area contributed by atoms with Crippen LogP contribution in [0.2, 0.25) is 0 Å². The van der Waals surface area contributed by atoms with Crippen LogP contribution < -0.4 is 26.2 Å². The van der Waals surface area contributed by atoms with E-state index < -0.39 is 0 Å². The fourth-order valence-electron chi connectivity index (χ4n) is 11.3. The summed E-state index contributed by atoms with van der Waals surface area (Å²) in [4.78, 5) is 5.41. The highest BCUT2D eigenvalue weighted by Gasteiger charge is 2.47. The van der Waals surface area contributed by atoms with Crippen molar-refractivity contribution in [2.45, 2.75) is 126 Å². The van der Waals surface area contributed by atoms with Gasteiger partial charge in [-0.1, -0.05) is 174 Å². The Morgan fingerprint density at radius 3 is 1.63 bits per heavy atom. The minimum atomic E-state index is -0.141. The number of aryl methyl sites for hydroxylation is 3. The monoisotopic (exact) mass is 950 g/mol. The molecule has 2 aliphatic rings. The highest BCUT2D eigenvalue weighted by Crippen LogP contribution is 2.53. The van der Waals surface area contributed by atoms with Gasteiger partial charge in [0.15, 0.2) is 0 Å². The molecule has 2 aliphatic heterocycles. The normalized spacial score (nSPS) is 13.8. The quantitative estimate of drug-likeness (QED) is 0.162. The van der Waals surface area contributed by atoms with Crippen LogP contribution in [0.15, 0.2) is 133 Å². The van der Waals surface area contributed by atoms with E-state index >= 15 is 0 Å². The second-order valence-corrected chi connectivity index (χ2v) is 26.4. The Hall–Kier alpha value is -5.88. The van der Waals surface area contributed by atoms with Crippen LogP contribution >= 0.6 is 22.7 Å². The van der Waals surface area contributed by atoms with Crippen molar-refractivity contribution in [3.8, 4) is 22.3 Å². The maximum absolute atomic E-state index is 2.71. The molecule has 0 amide bonds. The van der Waals surface area contributed by atoms with E-state index in [1.807, 2.05) is 22.7 Å². The summed E-state index contributed by atoms with van der Waals surface area (Å²) < 4.78 is 2.65. The molecule has 0 atom stereocenters. The predicted octanol–water partition coefficient (Wildman–Crippen LogP) is 17.6. The zero-order chi connectivity index (χ0) is 49.6. The largest absolute Gasteiger partial charge is 0.311 e. The SMILES string of the molecule is Cc1cc(C(C)(C)C)cc(C)c1N1c2cc(C(C)(C)C)cc3c2B(c2cc(-c4csc5ccccc45)ccc2N3c2c(C)cc(C(C)(C)C)cc2-c2ccccc2)c2c1sc1ccc(C(C)(C)C)cc21. The molecule has 0 fully saturated rings. The molecule has 0 aliphatic carbocycles. The van der Waals surface area contributed by atoms with E-state index in [-0.39, 0.29) is 28.4 Å². The Kier molecular flexibility index (Phi) is 10.7. The number of rotatable bonds is 4. The topological polar surface area (TPSA) is 6.48 Å². The third-order valence-electron chi connectivity index (χ3n) is 15.3. The summed E-state index contributed by atoms with van der Waals surface area (Å²) in [5.74, 6) is 0. The molecule has 7 aromatic carbocycles. The van der Waals surface area contributed by atoms with Gasteiger partial charge < -0.3 is 9.80 Å². The number of thiophene rings is 2. The average Bonchev–Trinajstić information content (AvgIpc) is 3.90. The average molecular weight is 951 g/mol. The minimum Gasteiger partial charge on any atom is -0.311 e. The molecule has 0 N–H and O–H groups in total. The Morgan fingerprint density at radius 2 is 0.986 bits per heavy atom. The number of benzene rings is 7. The van der Waals surface area contributed by atoms with Crippen LogP contribution in [-0.4, -0.2) is 6.71 Å². The lowest BCUT2D eigenvalue weighted by molar-refractivity contribution is 0.589. The van der Waals surface area contributed by atoms with Gasteiger partial charge >= 0.3 is 0 Å². The zero-order valence-electron chi connectivity index (χ0n) is 44.0. The number of hydrogen-bond donors (Lipinski definition) is 0. The summed E-state index contributed by atoms with van der Waals surface area (Å²) >= 11 is 3.81. The molecule has 0 bridgehead atoms. The van der Waals surface area contributed by atoms with E-state index in [4.69, 9.17) is 0 Å². The Morgan fingerprint density at radius 1 is 0.414 bits per heavy atom. The summed E-state index contributed by atoms with van der Waals surface area (Å²) in [6.45, 7) is 35.3. The third kappa shape index (κ3) is 7.48. The van der Waals surface area contributed by atoms with Crippen LogP contribution in [0.5, 0.6) is 0 Å². The van der Waals surface area contributed by atoms with E-state index in [9.17, 15) is 0 Å². The lowest BCUT2D eigenvalue weighted by Crippen LogP contribution is -2.61. The lowest BCUT2D eigenvalue weighted by atomic mass is 9.33. The van der Waals surface area contributed by atoms with Gasteiger partial charge in [-0.15, -0.1) is 22.7 Å². The van der Waals surface area contributed by atoms with Crippen molar-refractivity contribution in [1.82, 2.24) is 0 Å². The Labute approximate surface area is 426 Å². The highest BCUT2D eigenvalue weighted by molar-refractivity contribution is 7.26. The molecule has 0 unspecified atom stereocenters. The van der Waals surface area contributed by atoms with Crippen LogP contribution in [0.3, 0.4) is 0 Å². The molecular weight excluding hydrogens is 884 g/mol. The van der Waals surface area contributed by atoms with Gasteiger partial charge in [0.2, 0.25) is 0 Å². The fraction of sp³-hybridized carbons (Fsp3) is 0.292. The first-order chi connectivity index (χ1) is 33.0. The van der Waals surface area contributed by atoms with Crippen LogP contribution in [0.4, 0.5) is 33.4 Å². The van der Waals surface area contributed by atoms with E-state index in [0.717, 1.165) is 0 Å². The number of nitrogens with zero attached hydrogens (tertiary/aromatic N) is 2. The first-order valence-corrected chi connectivity index (χ1v) is 27.0. The zero-order valence-corrected chi connectivity index (χ0v) is 45.6. The molecule has 0 radical (unpaired) electrons. The van der Waals surface area contributed by atoms with E-state index in [1.54, 1.807) is 0 Å². The summed E-state index contributed by atoms with van der Waals surface area (Å²) in [5.41, 5.74) is 24.6. The molecule has 70 heavy (non-hydrogen) atoms. The first kappa shape index (κ1) is 46.5. The van der Waals surface area contributed by atoms with Gasteiger partial charge in [0.05, 0.1) is 16.4 Å². The van der Waals surface area contributed by atoms with Crippen LogP contribution in [0.25, 0.3) is 42.4 Å². The third-order valence-corrected chi connectivity index (χ3v) is 17.4. The van der Waals surface area contributed by atoms with Gasteiger partial charge in [-0.2, -0.15) is 0 Å². The van der Waals surface area contributed by atoms with Crippen molar-refractivity contribution in [2.24, 2.45) is 0 Å². The molecule has 0 saturated heterocycles. The Bertz CT molecular complexity index is 3560. The van der Waals surface area contributed by atoms with Crippen LogP contribution in [-0.2, 0) is 21.7 Å². The van der Waals surface area contributed by atoms with Crippen molar-refractivity contribution in [3.63, 3.8) is 0 Å². The van der Waals surface area contributed by atoms with Crippen molar-refractivity contribution >= 4 is 99.4 Å².